The molecule has 1 heterocycles. The average molecular weight is 328 g/mol. The number of nitrogens with zero attached hydrogens (tertiary/aromatic N) is 4. The predicted octanol–water partition coefficient (Wildman–Crippen LogP) is 3.20. The molecule has 0 fully saturated rings. The number of carbonyl (C=O) groups excluding carboxylic acids is 1. The number of anilines is 4. The molecule has 0 aliphatic carbocycles. The normalized spacial score (nSPS) is 10.3. The van der Waals surface area contributed by atoms with Gasteiger partial charge in [0.2, 0.25) is 11.9 Å². The van der Waals surface area contributed by atoms with Gasteiger partial charge in [-0.05, 0) is 31.0 Å². The molecule has 2 aromatic rings. The molecule has 0 atom stereocenters. The van der Waals surface area contributed by atoms with Crippen molar-refractivity contribution in [2.75, 3.05) is 28.6 Å². The second-order valence-corrected chi connectivity index (χ2v) is 5.52. The molecule has 2 N–H and O–H groups in total. The smallest absolute Gasteiger partial charge is 0.247 e. The molecule has 1 amide bonds. The van der Waals surface area contributed by atoms with E-state index in [-0.39, 0.29) is 5.91 Å². The standard InChI is InChI=1S/C17H24N6O/c1-4-9-23(10-5-2)17-21-16(12-18-22-17)20-15-8-6-7-14(11-15)19-13(3)24/h6-8,11-12H,4-5,9-10H2,1-3H3,(H,19,24)(H,20,21,22). The number of hydrogen-bond acceptors (Lipinski definition) is 6. The molecule has 24 heavy (non-hydrogen) atoms. The summed E-state index contributed by atoms with van der Waals surface area (Å²) in [5.41, 5.74) is 1.55. The van der Waals surface area contributed by atoms with Crippen molar-refractivity contribution < 1.29 is 4.79 Å². The Balaban J connectivity index is 2.15. The van der Waals surface area contributed by atoms with Gasteiger partial charge in [0.05, 0.1) is 6.20 Å². The third-order valence-corrected chi connectivity index (χ3v) is 3.27. The summed E-state index contributed by atoms with van der Waals surface area (Å²) in [7, 11) is 0. The van der Waals surface area contributed by atoms with Gasteiger partial charge in [0, 0.05) is 31.4 Å². The second-order valence-electron chi connectivity index (χ2n) is 5.52. The van der Waals surface area contributed by atoms with E-state index in [1.807, 2.05) is 24.3 Å². The molecule has 1 aromatic carbocycles. The van der Waals surface area contributed by atoms with Gasteiger partial charge in [0.1, 0.15) is 0 Å². The first kappa shape index (κ1) is 17.7. The quantitative estimate of drug-likeness (QED) is 0.774. The van der Waals surface area contributed by atoms with Crippen LogP contribution in [0.25, 0.3) is 0 Å². The van der Waals surface area contributed by atoms with Crippen LogP contribution in [0.3, 0.4) is 0 Å². The maximum atomic E-state index is 11.2. The number of hydrogen-bond donors (Lipinski definition) is 2. The molecule has 7 nitrogen and oxygen atoms in total. The molecule has 128 valence electrons. The Kier molecular flexibility index (Phi) is 6.48. The van der Waals surface area contributed by atoms with Gasteiger partial charge in [-0.2, -0.15) is 10.1 Å². The number of rotatable bonds is 8. The summed E-state index contributed by atoms with van der Waals surface area (Å²) in [6.07, 6.45) is 3.64. The molecule has 0 bridgehead atoms. The van der Waals surface area contributed by atoms with Crippen molar-refractivity contribution in [2.24, 2.45) is 0 Å². The zero-order valence-electron chi connectivity index (χ0n) is 14.4. The van der Waals surface area contributed by atoms with Crippen molar-refractivity contribution in [3.8, 4) is 0 Å². The molecule has 0 saturated heterocycles. The fraction of sp³-hybridized carbons (Fsp3) is 0.412. The van der Waals surface area contributed by atoms with Crippen LogP contribution in [0.2, 0.25) is 0 Å². The third-order valence-electron chi connectivity index (χ3n) is 3.27. The van der Waals surface area contributed by atoms with Crippen molar-refractivity contribution in [3.63, 3.8) is 0 Å². The number of amides is 1. The molecule has 0 aliphatic rings. The van der Waals surface area contributed by atoms with E-state index >= 15 is 0 Å². The van der Waals surface area contributed by atoms with E-state index in [1.165, 1.54) is 6.92 Å². The lowest BCUT2D eigenvalue weighted by molar-refractivity contribution is -0.114. The molecule has 0 saturated carbocycles. The Bertz CT molecular complexity index is 670. The minimum atomic E-state index is -0.104. The maximum Gasteiger partial charge on any atom is 0.247 e. The van der Waals surface area contributed by atoms with Crippen molar-refractivity contribution >= 4 is 29.0 Å². The summed E-state index contributed by atoms with van der Waals surface area (Å²) in [6.45, 7) is 7.54. The first-order chi connectivity index (χ1) is 11.6. The molecular weight excluding hydrogens is 304 g/mol. The van der Waals surface area contributed by atoms with Crippen molar-refractivity contribution in [1.29, 1.82) is 0 Å². The van der Waals surface area contributed by atoms with Gasteiger partial charge >= 0.3 is 0 Å². The Morgan fingerprint density at radius 3 is 2.54 bits per heavy atom. The van der Waals surface area contributed by atoms with Gasteiger partial charge in [-0.25, -0.2) is 0 Å². The van der Waals surface area contributed by atoms with Crippen LogP contribution in [0.1, 0.15) is 33.6 Å². The van der Waals surface area contributed by atoms with Gasteiger partial charge in [0.15, 0.2) is 5.82 Å². The molecule has 0 spiro atoms. The van der Waals surface area contributed by atoms with Gasteiger partial charge in [0.25, 0.3) is 0 Å². The van der Waals surface area contributed by atoms with Gasteiger partial charge in [-0.15, -0.1) is 5.10 Å². The van der Waals surface area contributed by atoms with Crippen LogP contribution in [-0.2, 0) is 4.79 Å². The fourth-order valence-corrected chi connectivity index (χ4v) is 2.37. The topological polar surface area (TPSA) is 83.0 Å². The molecule has 0 unspecified atom stereocenters. The zero-order valence-corrected chi connectivity index (χ0v) is 14.4. The number of aromatic nitrogens is 3. The zero-order chi connectivity index (χ0) is 17.4. The summed E-state index contributed by atoms with van der Waals surface area (Å²) < 4.78 is 0. The molecule has 7 heteroatoms. The number of nitrogens with one attached hydrogen (secondary N) is 2. The highest BCUT2D eigenvalue weighted by atomic mass is 16.1. The lowest BCUT2D eigenvalue weighted by Gasteiger charge is -2.21. The van der Waals surface area contributed by atoms with E-state index in [9.17, 15) is 4.79 Å². The monoisotopic (exact) mass is 328 g/mol. The minimum absolute atomic E-state index is 0.104. The lowest BCUT2D eigenvalue weighted by atomic mass is 10.2. The van der Waals surface area contributed by atoms with Crippen LogP contribution in [0.15, 0.2) is 30.5 Å². The number of benzene rings is 1. The van der Waals surface area contributed by atoms with E-state index in [0.717, 1.165) is 37.3 Å². The number of carbonyl (C=O) groups is 1. The Hall–Kier alpha value is -2.70. The molecule has 2 rings (SSSR count). The maximum absolute atomic E-state index is 11.2. The highest BCUT2D eigenvalue weighted by Crippen LogP contribution is 2.19. The van der Waals surface area contributed by atoms with Crippen molar-refractivity contribution in [2.45, 2.75) is 33.6 Å². The van der Waals surface area contributed by atoms with E-state index in [4.69, 9.17) is 0 Å². The van der Waals surface area contributed by atoms with Crippen LogP contribution in [-0.4, -0.2) is 34.2 Å². The minimum Gasteiger partial charge on any atom is -0.339 e. The Morgan fingerprint density at radius 1 is 1.17 bits per heavy atom. The molecule has 1 aromatic heterocycles. The van der Waals surface area contributed by atoms with Crippen molar-refractivity contribution in [3.05, 3.63) is 30.5 Å². The molecular formula is C17H24N6O. The highest BCUT2D eigenvalue weighted by molar-refractivity contribution is 5.89. The van der Waals surface area contributed by atoms with Crippen LogP contribution in [0, 0.1) is 0 Å². The summed E-state index contributed by atoms with van der Waals surface area (Å²) in [4.78, 5) is 17.8. The van der Waals surface area contributed by atoms with E-state index in [1.54, 1.807) is 6.20 Å². The van der Waals surface area contributed by atoms with Crippen LogP contribution >= 0.6 is 0 Å². The van der Waals surface area contributed by atoms with Crippen LogP contribution in [0.5, 0.6) is 0 Å². The Morgan fingerprint density at radius 2 is 1.88 bits per heavy atom. The van der Waals surface area contributed by atoms with Crippen LogP contribution in [0.4, 0.5) is 23.1 Å². The summed E-state index contributed by atoms with van der Waals surface area (Å²) in [5, 5.41) is 14.2. The van der Waals surface area contributed by atoms with Crippen molar-refractivity contribution in [1.82, 2.24) is 15.2 Å². The SMILES string of the molecule is CCCN(CCC)c1nncc(Nc2cccc(NC(C)=O)c2)n1. The summed E-state index contributed by atoms with van der Waals surface area (Å²) >= 11 is 0. The molecule has 0 radical (unpaired) electrons. The predicted molar refractivity (Wildman–Crippen MR) is 96.7 cm³/mol. The Labute approximate surface area is 142 Å². The largest absolute Gasteiger partial charge is 0.339 e. The second kappa shape index (κ2) is 8.81. The van der Waals surface area contributed by atoms with E-state index in [0.29, 0.717) is 11.8 Å². The highest BCUT2D eigenvalue weighted by Gasteiger charge is 2.09. The van der Waals surface area contributed by atoms with Gasteiger partial charge < -0.3 is 15.5 Å². The van der Waals surface area contributed by atoms with Crippen LogP contribution < -0.4 is 15.5 Å². The summed E-state index contributed by atoms with van der Waals surface area (Å²) in [5.74, 6) is 1.15. The average Bonchev–Trinajstić information content (AvgIpc) is 2.54. The van der Waals surface area contributed by atoms with Gasteiger partial charge in [-0.3, -0.25) is 4.79 Å². The first-order valence-electron chi connectivity index (χ1n) is 8.21. The fourth-order valence-electron chi connectivity index (χ4n) is 2.37. The lowest BCUT2D eigenvalue weighted by Crippen LogP contribution is -2.27. The van der Waals surface area contributed by atoms with E-state index in [2.05, 4.69) is 44.6 Å². The first-order valence-corrected chi connectivity index (χ1v) is 8.21. The summed E-state index contributed by atoms with van der Waals surface area (Å²) in [6, 6.07) is 7.45. The van der Waals surface area contributed by atoms with E-state index < -0.39 is 0 Å². The molecule has 0 aliphatic heterocycles. The van der Waals surface area contributed by atoms with Gasteiger partial charge in [-0.1, -0.05) is 19.9 Å². The third kappa shape index (κ3) is 5.19.